The summed E-state index contributed by atoms with van der Waals surface area (Å²) in [5.41, 5.74) is 0.872. The molecule has 2 aromatic rings. The summed E-state index contributed by atoms with van der Waals surface area (Å²) in [6.45, 7) is 0. The van der Waals surface area contributed by atoms with Crippen molar-refractivity contribution in [1.29, 1.82) is 0 Å². The van der Waals surface area contributed by atoms with Crippen LogP contribution in [0.3, 0.4) is 0 Å². The quantitative estimate of drug-likeness (QED) is 0.776. The van der Waals surface area contributed by atoms with E-state index in [-0.39, 0.29) is 5.56 Å². The number of rotatable bonds is 2. The van der Waals surface area contributed by atoms with Crippen LogP contribution in [0.1, 0.15) is 40.2 Å². The largest absolute Gasteiger partial charge is 0.435 e. The van der Waals surface area contributed by atoms with Crippen molar-refractivity contribution in [2.45, 2.75) is 31.9 Å². The summed E-state index contributed by atoms with van der Waals surface area (Å²) in [7, 11) is 0. The van der Waals surface area contributed by atoms with Gasteiger partial charge < -0.3 is 0 Å². The summed E-state index contributed by atoms with van der Waals surface area (Å²) in [6.07, 6.45) is -1.93. The van der Waals surface area contributed by atoms with E-state index in [1.807, 2.05) is 0 Å². The Morgan fingerprint density at radius 1 is 1.14 bits per heavy atom. The van der Waals surface area contributed by atoms with Crippen LogP contribution in [0.15, 0.2) is 24.3 Å². The predicted molar refractivity (Wildman–Crippen MR) is 75.4 cm³/mol. The first kappa shape index (κ1) is 15.1. The molecule has 0 aliphatic heterocycles. The van der Waals surface area contributed by atoms with E-state index in [1.165, 1.54) is 16.8 Å². The maximum atomic E-state index is 13.1. The lowest BCUT2D eigenvalue weighted by molar-refractivity contribution is -0.142. The number of carbonyl (C=O) groups is 1. The van der Waals surface area contributed by atoms with Crippen molar-refractivity contribution >= 4 is 16.8 Å². The van der Waals surface area contributed by atoms with Crippen LogP contribution in [0.4, 0.5) is 13.2 Å². The number of fused-ring (bicyclic) bond motifs is 1. The molecule has 0 spiro atoms. The molecule has 1 aliphatic rings. The van der Waals surface area contributed by atoms with Crippen LogP contribution >= 0.6 is 11.6 Å². The molecule has 22 heavy (non-hydrogen) atoms. The molecule has 7 heteroatoms. The summed E-state index contributed by atoms with van der Waals surface area (Å²) in [5.74, 6) is 0. The van der Waals surface area contributed by atoms with Crippen molar-refractivity contribution in [1.82, 2.24) is 9.78 Å². The SMILES string of the molecule is O=C(Cl)c1ccc(-n2nc(C(F)(F)F)c3c2CCCC3)cc1. The molecule has 0 N–H and O–H groups in total. The van der Waals surface area contributed by atoms with Gasteiger partial charge in [-0.3, -0.25) is 4.79 Å². The minimum atomic E-state index is -4.46. The molecule has 0 saturated heterocycles. The van der Waals surface area contributed by atoms with Crippen LogP contribution in [0.25, 0.3) is 5.69 Å². The lowest BCUT2D eigenvalue weighted by Gasteiger charge is -2.14. The fourth-order valence-electron chi connectivity index (χ4n) is 2.77. The Hall–Kier alpha value is -1.82. The summed E-state index contributed by atoms with van der Waals surface area (Å²) < 4.78 is 40.7. The lowest BCUT2D eigenvalue weighted by Crippen LogP contribution is -2.11. The number of alkyl halides is 3. The smallest absolute Gasteiger partial charge is 0.276 e. The first-order valence-electron chi connectivity index (χ1n) is 6.86. The topological polar surface area (TPSA) is 34.9 Å². The zero-order valence-corrected chi connectivity index (χ0v) is 12.2. The number of aromatic nitrogens is 2. The van der Waals surface area contributed by atoms with Gasteiger partial charge in [-0.1, -0.05) is 0 Å². The third-order valence-corrected chi connectivity index (χ3v) is 4.01. The standard InChI is InChI=1S/C15H12ClF3N2O/c16-14(22)9-5-7-10(8-6-9)21-12-4-2-1-3-11(12)13(20-21)15(17,18)19/h5-8H,1-4H2. The van der Waals surface area contributed by atoms with Gasteiger partial charge >= 0.3 is 6.18 Å². The molecular weight excluding hydrogens is 317 g/mol. The van der Waals surface area contributed by atoms with Gasteiger partial charge in [0, 0.05) is 16.8 Å². The molecule has 0 atom stereocenters. The van der Waals surface area contributed by atoms with Gasteiger partial charge in [-0.2, -0.15) is 18.3 Å². The Morgan fingerprint density at radius 3 is 2.36 bits per heavy atom. The average Bonchev–Trinajstić information content (AvgIpc) is 2.87. The number of benzene rings is 1. The molecule has 116 valence electrons. The molecule has 1 aromatic heterocycles. The number of halogens is 4. The van der Waals surface area contributed by atoms with Gasteiger partial charge in [0.1, 0.15) is 0 Å². The summed E-state index contributed by atoms with van der Waals surface area (Å²) in [4.78, 5) is 11.1. The van der Waals surface area contributed by atoms with Crippen molar-refractivity contribution < 1.29 is 18.0 Å². The van der Waals surface area contributed by atoms with E-state index in [0.29, 0.717) is 29.8 Å². The van der Waals surface area contributed by atoms with Crippen LogP contribution in [0, 0.1) is 0 Å². The lowest BCUT2D eigenvalue weighted by atomic mass is 9.95. The Morgan fingerprint density at radius 2 is 1.77 bits per heavy atom. The Balaban J connectivity index is 2.11. The maximum Gasteiger partial charge on any atom is 0.435 e. The van der Waals surface area contributed by atoms with E-state index in [0.717, 1.165) is 12.8 Å². The zero-order valence-electron chi connectivity index (χ0n) is 11.5. The second kappa shape index (κ2) is 5.43. The van der Waals surface area contributed by atoms with Crippen LogP contribution in [0.5, 0.6) is 0 Å². The van der Waals surface area contributed by atoms with Crippen molar-refractivity contribution in [3.8, 4) is 5.69 Å². The minimum absolute atomic E-state index is 0.288. The molecule has 1 aromatic carbocycles. The fraction of sp³-hybridized carbons (Fsp3) is 0.333. The highest BCUT2D eigenvalue weighted by atomic mass is 35.5. The van der Waals surface area contributed by atoms with Crippen LogP contribution in [0.2, 0.25) is 0 Å². The number of nitrogens with zero attached hydrogens (tertiary/aromatic N) is 2. The van der Waals surface area contributed by atoms with Crippen molar-refractivity contribution in [2.75, 3.05) is 0 Å². The number of hydrogen-bond donors (Lipinski definition) is 0. The van der Waals surface area contributed by atoms with Gasteiger partial charge in [0.2, 0.25) is 0 Å². The van der Waals surface area contributed by atoms with Crippen LogP contribution in [-0.4, -0.2) is 15.0 Å². The number of hydrogen-bond acceptors (Lipinski definition) is 2. The summed E-state index contributed by atoms with van der Waals surface area (Å²) in [5, 5.41) is 3.18. The maximum absolute atomic E-state index is 13.1. The van der Waals surface area contributed by atoms with Crippen molar-refractivity contribution in [2.24, 2.45) is 0 Å². The van der Waals surface area contributed by atoms with Gasteiger partial charge in [0.25, 0.3) is 5.24 Å². The van der Waals surface area contributed by atoms with Gasteiger partial charge in [0.05, 0.1) is 5.69 Å². The average molecular weight is 329 g/mol. The van der Waals surface area contributed by atoms with E-state index >= 15 is 0 Å². The minimum Gasteiger partial charge on any atom is -0.276 e. The first-order valence-corrected chi connectivity index (χ1v) is 7.24. The van der Waals surface area contributed by atoms with E-state index in [4.69, 9.17) is 11.6 Å². The van der Waals surface area contributed by atoms with E-state index in [1.54, 1.807) is 12.1 Å². The molecule has 0 amide bonds. The van der Waals surface area contributed by atoms with Gasteiger partial charge in [-0.05, 0) is 61.5 Å². The first-order chi connectivity index (χ1) is 10.4. The third-order valence-electron chi connectivity index (χ3n) is 3.79. The zero-order chi connectivity index (χ0) is 15.9. The number of carbonyl (C=O) groups excluding carboxylic acids is 1. The molecule has 0 bridgehead atoms. The van der Waals surface area contributed by atoms with Crippen LogP contribution in [-0.2, 0) is 19.0 Å². The Bertz CT molecular complexity index is 720. The third kappa shape index (κ3) is 2.63. The molecule has 1 heterocycles. The van der Waals surface area contributed by atoms with Gasteiger partial charge in [-0.25, -0.2) is 4.68 Å². The molecule has 0 unspecified atom stereocenters. The fourth-order valence-corrected chi connectivity index (χ4v) is 2.90. The van der Waals surface area contributed by atoms with Gasteiger partial charge in [0.15, 0.2) is 5.69 Å². The highest BCUT2D eigenvalue weighted by molar-refractivity contribution is 6.67. The Kier molecular flexibility index (Phi) is 3.72. The van der Waals surface area contributed by atoms with E-state index < -0.39 is 17.1 Å². The van der Waals surface area contributed by atoms with E-state index in [2.05, 4.69) is 5.10 Å². The highest BCUT2D eigenvalue weighted by Crippen LogP contribution is 2.36. The molecule has 3 nitrogen and oxygen atoms in total. The molecular formula is C15H12ClF3N2O. The Labute approximate surface area is 129 Å². The second-order valence-electron chi connectivity index (χ2n) is 5.21. The summed E-state index contributed by atoms with van der Waals surface area (Å²) >= 11 is 5.37. The van der Waals surface area contributed by atoms with E-state index in [9.17, 15) is 18.0 Å². The second-order valence-corrected chi connectivity index (χ2v) is 5.55. The molecule has 3 rings (SSSR count). The normalized spacial score (nSPS) is 14.7. The highest BCUT2D eigenvalue weighted by Gasteiger charge is 2.39. The van der Waals surface area contributed by atoms with Gasteiger partial charge in [-0.15, -0.1) is 0 Å². The molecule has 0 fully saturated rings. The molecule has 0 radical (unpaired) electrons. The summed E-state index contributed by atoms with van der Waals surface area (Å²) in [6, 6.07) is 6.07. The monoisotopic (exact) mass is 328 g/mol. The van der Waals surface area contributed by atoms with Crippen LogP contribution < -0.4 is 0 Å². The molecule has 1 aliphatic carbocycles. The molecule has 0 saturated carbocycles. The van der Waals surface area contributed by atoms with Crippen molar-refractivity contribution in [3.05, 3.63) is 46.8 Å². The predicted octanol–water partition coefficient (Wildman–Crippen LogP) is 4.15. The van der Waals surface area contributed by atoms with Crippen molar-refractivity contribution in [3.63, 3.8) is 0 Å².